The fourth-order valence-corrected chi connectivity index (χ4v) is 3.24. The van der Waals surface area contributed by atoms with E-state index in [4.69, 9.17) is 0 Å². The molecule has 5 heteroatoms. The average molecular weight is 342 g/mol. The predicted octanol–water partition coefficient (Wildman–Crippen LogP) is 3.84. The van der Waals surface area contributed by atoms with Crippen LogP contribution in [0, 0.1) is 0 Å². The number of aryl methyl sites for hydroxylation is 2. The number of hydrogen-bond donors (Lipinski definition) is 1. The molecule has 2 rings (SSSR count). The first-order valence-corrected chi connectivity index (χ1v) is 8.03. The van der Waals surface area contributed by atoms with Crippen molar-refractivity contribution in [3.05, 3.63) is 39.0 Å². The zero-order valence-electron chi connectivity index (χ0n) is 11.6. The van der Waals surface area contributed by atoms with Crippen LogP contribution < -0.4 is 5.32 Å². The highest BCUT2D eigenvalue weighted by atomic mass is 79.9. The summed E-state index contributed by atoms with van der Waals surface area (Å²) in [6.45, 7) is 8.37. The van der Waals surface area contributed by atoms with Crippen LogP contribution in [-0.2, 0) is 19.5 Å². The van der Waals surface area contributed by atoms with Gasteiger partial charge in [-0.25, -0.2) is 4.98 Å². The Morgan fingerprint density at radius 2 is 2.16 bits per heavy atom. The standard InChI is InChI=1S/C14H20BrN3S/c1-14(2,3)17-9-11-8-16-10-18(11)7-6-12-4-5-13(15)19-12/h4-5,8,10,17H,6-7,9H2,1-3H3. The second-order valence-electron chi connectivity index (χ2n) is 5.64. The van der Waals surface area contributed by atoms with Crippen LogP contribution in [-0.4, -0.2) is 15.1 Å². The highest BCUT2D eigenvalue weighted by molar-refractivity contribution is 9.11. The van der Waals surface area contributed by atoms with Gasteiger partial charge in [-0.2, -0.15) is 0 Å². The molecular weight excluding hydrogens is 322 g/mol. The molecule has 0 aliphatic rings. The summed E-state index contributed by atoms with van der Waals surface area (Å²) in [7, 11) is 0. The molecule has 0 saturated carbocycles. The van der Waals surface area contributed by atoms with Gasteiger partial charge in [0.25, 0.3) is 0 Å². The molecule has 1 N–H and O–H groups in total. The molecule has 2 heterocycles. The second-order valence-corrected chi connectivity index (χ2v) is 8.19. The highest BCUT2D eigenvalue weighted by Crippen LogP contribution is 2.22. The van der Waals surface area contributed by atoms with Gasteiger partial charge >= 0.3 is 0 Å². The van der Waals surface area contributed by atoms with Crippen LogP contribution >= 0.6 is 27.3 Å². The minimum absolute atomic E-state index is 0.133. The third kappa shape index (κ3) is 4.75. The van der Waals surface area contributed by atoms with Gasteiger partial charge < -0.3 is 9.88 Å². The lowest BCUT2D eigenvalue weighted by Crippen LogP contribution is -2.35. The summed E-state index contributed by atoms with van der Waals surface area (Å²) >= 11 is 5.30. The Balaban J connectivity index is 1.92. The molecule has 0 radical (unpaired) electrons. The van der Waals surface area contributed by atoms with Crippen molar-refractivity contribution in [2.75, 3.05) is 0 Å². The molecule has 104 valence electrons. The van der Waals surface area contributed by atoms with Crippen LogP contribution in [0.5, 0.6) is 0 Å². The number of aromatic nitrogens is 2. The number of nitrogens with zero attached hydrogens (tertiary/aromatic N) is 2. The molecule has 0 saturated heterocycles. The van der Waals surface area contributed by atoms with E-state index in [-0.39, 0.29) is 5.54 Å². The third-order valence-electron chi connectivity index (χ3n) is 2.83. The molecule has 0 fully saturated rings. The summed E-state index contributed by atoms with van der Waals surface area (Å²) in [5.41, 5.74) is 1.37. The number of rotatable bonds is 5. The lowest BCUT2D eigenvalue weighted by molar-refractivity contribution is 0.415. The number of hydrogen-bond acceptors (Lipinski definition) is 3. The van der Waals surface area contributed by atoms with Gasteiger partial charge in [-0.1, -0.05) is 0 Å². The van der Waals surface area contributed by atoms with E-state index in [0.717, 1.165) is 19.5 Å². The maximum absolute atomic E-state index is 4.26. The van der Waals surface area contributed by atoms with E-state index in [9.17, 15) is 0 Å². The number of thiophene rings is 1. The van der Waals surface area contributed by atoms with Crippen molar-refractivity contribution in [3.8, 4) is 0 Å². The van der Waals surface area contributed by atoms with Crippen molar-refractivity contribution in [1.82, 2.24) is 14.9 Å². The van der Waals surface area contributed by atoms with Crippen LogP contribution in [0.3, 0.4) is 0 Å². The summed E-state index contributed by atoms with van der Waals surface area (Å²) in [5, 5.41) is 3.50. The Bertz CT molecular complexity index is 525. The molecule has 0 amide bonds. The van der Waals surface area contributed by atoms with Gasteiger partial charge in [0.05, 0.1) is 15.8 Å². The largest absolute Gasteiger partial charge is 0.333 e. The third-order valence-corrected chi connectivity index (χ3v) is 4.51. The normalized spacial score (nSPS) is 12.0. The van der Waals surface area contributed by atoms with E-state index in [1.165, 1.54) is 14.4 Å². The SMILES string of the molecule is CC(C)(C)NCc1cncn1CCc1ccc(Br)s1. The van der Waals surface area contributed by atoms with Crippen molar-refractivity contribution >= 4 is 27.3 Å². The maximum atomic E-state index is 4.26. The summed E-state index contributed by atoms with van der Waals surface area (Å²) in [5.74, 6) is 0. The summed E-state index contributed by atoms with van der Waals surface area (Å²) in [4.78, 5) is 5.66. The first-order valence-electron chi connectivity index (χ1n) is 6.42. The molecule has 0 atom stereocenters. The summed E-state index contributed by atoms with van der Waals surface area (Å²) in [6.07, 6.45) is 4.92. The fraction of sp³-hybridized carbons (Fsp3) is 0.500. The topological polar surface area (TPSA) is 29.9 Å². The molecule has 19 heavy (non-hydrogen) atoms. The highest BCUT2D eigenvalue weighted by Gasteiger charge is 2.10. The van der Waals surface area contributed by atoms with Gasteiger partial charge in [-0.3, -0.25) is 0 Å². The molecule has 2 aromatic heterocycles. The quantitative estimate of drug-likeness (QED) is 0.895. The van der Waals surface area contributed by atoms with Crippen molar-refractivity contribution < 1.29 is 0 Å². The van der Waals surface area contributed by atoms with Crippen LogP contribution in [0.25, 0.3) is 0 Å². The number of halogens is 1. The molecule has 0 aromatic carbocycles. The number of imidazole rings is 1. The van der Waals surface area contributed by atoms with E-state index in [1.54, 1.807) is 11.3 Å². The van der Waals surface area contributed by atoms with E-state index >= 15 is 0 Å². The average Bonchev–Trinajstić information content (AvgIpc) is 2.91. The molecule has 0 spiro atoms. The Morgan fingerprint density at radius 1 is 1.37 bits per heavy atom. The van der Waals surface area contributed by atoms with Crippen LogP contribution in [0.4, 0.5) is 0 Å². The maximum Gasteiger partial charge on any atom is 0.0948 e. The first-order chi connectivity index (χ1) is 8.94. The van der Waals surface area contributed by atoms with Crippen molar-refractivity contribution in [2.45, 2.75) is 45.8 Å². The second kappa shape index (κ2) is 6.20. The lowest BCUT2D eigenvalue weighted by Gasteiger charge is -2.20. The number of nitrogens with one attached hydrogen (secondary N) is 1. The van der Waals surface area contributed by atoms with E-state index < -0.39 is 0 Å². The minimum atomic E-state index is 0.133. The molecule has 2 aromatic rings. The molecule has 3 nitrogen and oxygen atoms in total. The van der Waals surface area contributed by atoms with Crippen LogP contribution in [0.2, 0.25) is 0 Å². The summed E-state index contributed by atoms with van der Waals surface area (Å²) in [6, 6.07) is 4.29. The molecule has 0 bridgehead atoms. The first kappa shape index (κ1) is 14.8. The molecule has 0 aliphatic heterocycles. The van der Waals surface area contributed by atoms with E-state index in [0.29, 0.717) is 0 Å². The monoisotopic (exact) mass is 341 g/mol. The van der Waals surface area contributed by atoms with E-state index in [1.807, 2.05) is 12.5 Å². The Morgan fingerprint density at radius 3 is 2.79 bits per heavy atom. The predicted molar refractivity (Wildman–Crippen MR) is 84.5 cm³/mol. The Labute approximate surface area is 127 Å². The van der Waals surface area contributed by atoms with Crippen molar-refractivity contribution in [3.63, 3.8) is 0 Å². The lowest BCUT2D eigenvalue weighted by atomic mass is 10.1. The van der Waals surface area contributed by atoms with Gasteiger partial charge in [0.1, 0.15) is 0 Å². The molecule has 0 unspecified atom stereocenters. The van der Waals surface area contributed by atoms with Gasteiger partial charge in [0.15, 0.2) is 0 Å². The minimum Gasteiger partial charge on any atom is -0.333 e. The van der Waals surface area contributed by atoms with E-state index in [2.05, 4.69) is 63.7 Å². The Hall–Kier alpha value is -0.650. The fourth-order valence-electron chi connectivity index (χ4n) is 1.77. The molecule has 0 aliphatic carbocycles. The van der Waals surface area contributed by atoms with Gasteiger partial charge in [0, 0.05) is 29.7 Å². The molecular formula is C14H20BrN3S. The van der Waals surface area contributed by atoms with Gasteiger partial charge in [-0.05, 0) is 55.3 Å². The zero-order valence-corrected chi connectivity index (χ0v) is 14.0. The van der Waals surface area contributed by atoms with Gasteiger partial charge in [-0.15, -0.1) is 11.3 Å². The van der Waals surface area contributed by atoms with Crippen molar-refractivity contribution in [2.24, 2.45) is 0 Å². The van der Waals surface area contributed by atoms with Crippen LogP contribution in [0.1, 0.15) is 31.3 Å². The Kier molecular flexibility index (Phi) is 4.81. The van der Waals surface area contributed by atoms with Crippen LogP contribution in [0.15, 0.2) is 28.4 Å². The smallest absolute Gasteiger partial charge is 0.0948 e. The van der Waals surface area contributed by atoms with Gasteiger partial charge in [0.2, 0.25) is 0 Å². The summed E-state index contributed by atoms with van der Waals surface area (Å²) < 4.78 is 3.43. The zero-order chi connectivity index (χ0) is 13.9. The van der Waals surface area contributed by atoms with Crippen molar-refractivity contribution in [1.29, 1.82) is 0 Å².